The molecule has 3 amide bonds. The fourth-order valence-electron chi connectivity index (χ4n) is 4.28. The predicted octanol–water partition coefficient (Wildman–Crippen LogP) is 2.08. The van der Waals surface area contributed by atoms with Crippen LogP contribution in [-0.2, 0) is 16.6 Å². The van der Waals surface area contributed by atoms with Crippen molar-refractivity contribution < 1.29 is 14.4 Å². The van der Waals surface area contributed by atoms with Crippen LogP contribution in [0.15, 0.2) is 43.1 Å². The van der Waals surface area contributed by atoms with Crippen LogP contribution in [0.3, 0.4) is 0 Å². The van der Waals surface area contributed by atoms with E-state index < -0.39 is 17.5 Å². The van der Waals surface area contributed by atoms with Crippen LogP contribution >= 0.6 is 11.6 Å². The highest BCUT2D eigenvalue weighted by atomic mass is 35.5. The molecule has 3 aromatic heterocycles. The van der Waals surface area contributed by atoms with Crippen LogP contribution in [0.1, 0.15) is 23.3 Å². The van der Waals surface area contributed by atoms with Crippen LogP contribution in [0.2, 0.25) is 5.02 Å². The number of pyridine rings is 2. The van der Waals surface area contributed by atoms with E-state index in [0.717, 1.165) is 5.56 Å². The number of carbonyl (C=O) groups is 3. The number of hydrogen-bond acceptors (Lipinski definition) is 6. The predicted molar refractivity (Wildman–Crippen MR) is 116 cm³/mol. The van der Waals surface area contributed by atoms with Crippen molar-refractivity contribution in [2.45, 2.75) is 18.5 Å². The number of rotatable bonds is 3. The fourth-order valence-corrected chi connectivity index (χ4v) is 4.46. The van der Waals surface area contributed by atoms with Gasteiger partial charge in [0.25, 0.3) is 11.8 Å². The van der Waals surface area contributed by atoms with Crippen molar-refractivity contribution in [1.82, 2.24) is 24.6 Å². The highest BCUT2D eigenvalue weighted by Crippen LogP contribution is 2.44. The summed E-state index contributed by atoms with van der Waals surface area (Å²) in [4.78, 5) is 50.8. The van der Waals surface area contributed by atoms with Crippen LogP contribution in [-0.4, -0.2) is 55.1 Å². The van der Waals surface area contributed by atoms with Gasteiger partial charge in [0.15, 0.2) is 5.69 Å². The molecule has 1 saturated heterocycles. The Labute approximate surface area is 187 Å². The van der Waals surface area contributed by atoms with Gasteiger partial charge in [-0.2, -0.15) is 5.10 Å². The van der Waals surface area contributed by atoms with Gasteiger partial charge in [-0.1, -0.05) is 11.6 Å². The summed E-state index contributed by atoms with van der Waals surface area (Å²) >= 11 is 5.99. The summed E-state index contributed by atoms with van der Waals surface area (Å²) in [5.41, 5.74) is 0.714. The Morgan fingerprint density at radius 1 is 1.12 bits per heavy atom. The minimum atomic E-state index is -1.53. The van der Waals surface area contributed by atoms with Gasteiger partial charge in [-0.25, -0.2) is 4.98 Å². The lowest BCUT2D eigenvalue weighted by atomic mass is 9.97. The number of likely N-dealkylation sites (N-methyl/N-ethyl adjacent to an activating group) is 1. The Morgan fingerprint density at radius 3 is 2.66 bits per heavy atom. The standard InChI is InChI=1S/C21H18ClN7O3/c1-27-11-13(8-25-27)12-5-16-18(24-7-12)19(31)28(2)21(4-3-17(30)29(16)21)20(32)26-15-6-14(22)9-23-10-15/h5-11H,3-4H2,1-2H3,(H,26,32). The SMILES string of the molecule is CN1C(=O)c2ncc(-c3cnn(C)c3)cc2N2C(=O)CCC12C(=O)Nc1cncc(Cl)c1. The van der Waals surface area contributed by atoms with E-state index >= 15 is 0 Å². The molecule has 2 aliphatic heterocycles. The van der Waals surface area contributed by atoms with Crippen molar-refractivity contribution in [1.29, 1.82) is 0 Å². The molecule has 0 aromatic carbocycles. The maximum Gasteiger partial charge on any atom is 0.276 e. The summed E-state index contributed by atoms with van der Waals surface area (Å²) in [5, 5.41) is 7.27. The molecule has 0 spiro atoms. The zero-order valence-electron chi connectivity index (χ0n) is 17.2. The van der Waals surface area contributed by atoms with Crippen molar-refractivity contribution in [3.63, 3.8) is 0 Å². The van der Waals surface area contributed by atoms with E-state index in [1.54, 1.807) is 42.5 Å². The molecule has 5 heterocycles. The first-order valence-corrected chi connectivity index (χ1v) is 10.2. The van der Waals surface area contributed by atoms with E-state index in [-0.39, 0.29) is 24.4 Å². The lowest BCUT2D eigenvalue weighted by Crippen LogP contribution is -2.68. The van der Waals surface area contributed by atoms with E-state index in [9.17, 15) is 14.4 Å². The number of hydrogen-bond donors (Lipinski definition) is 1. The maximum atomic E-state index is 13.5. The molecule has 1 N–H and O–H groups in total. The van der Waals surface area contributed by atoms with E-state index in [4.69, 9.17) is 11.6 Å². The summed E-state index contributed by atoms with van der Waals surface area (Å²) in [6.45, 7) is 0. The highest BCUT2D eigenvalue weighted by Gasteiger charge is 2.60. The molecule has 32 heavy (non-hydrogen) atoms. The molecular formula is C21H18ClN7O3. The Morgan fingerprint density at radius 2 is 1.94 bits per heavy atom. The smallest absolute Gasteiger partial charge is 0.276 e. The van der Waals surface area contributed by atoms with E-state index in [2.05, 4.69) is 20.4 Å². The van der Waals surface area contributed by atoms with Gasteiger partial charge in [-0.3, -0.25) is 28.9 Å². The first-order valence-electron chi connectivity index (χ1n) is 9.83. The molecule has 0 radical (unpaired) electrons. The number of aryl methyl sites for hydroxylation is 1. The molecule has 3 aromatic rings. The van der Waals surface area contributed by atoms with Crippen molar-refractivity contribution in [2.75, 3.05) is 17.3 Å². The molecule has 1 unspecified atom stereocenters. The van der Waals surface area contributed by atoms with Gasteiger partial charge >= 0.3 is 0 Å². The number of fused-ring (bicyclic) bond motifs is 3. The van der Waals surface area contributed by atoms with Gasteiger partial charge in [-0.05, 0) is 12.1 Å². The largest absolute Gasteiger partial charge is 0.321 e. The minimum Gasteiger partial charge on any atom is -0.321 e. The van der Waals surface area contributed by atoms with E-state index in [1.165, 1.54) is 29.2 Å². The number of aromatic nitrogens is 4. The summed E-state index contributed by atoms with van der Waals surface area (Å²) in [7, 11) is 3.29. The first-order chi connectivity index (χ1) is 15.3. The summed E-state index contributed by atoms with van der Waals surface area (Å²) < 4.78 is 1.64. The zero-order valence-corrected chi connectivity index (χ0v) is 18.0. The Kier molecular flexibility index (Phi) is 4.48. The molecule has 0 saturated carbocycles. The molecule has 11 heteroatoms. The second kappa shape index (κ2) is 7.13. The summed E-state index contributed by atoms with van der Waals surface area (Å²) in [6, 6.07) is 3.25. The van der Waals surface area contributed by atoms with Crippen molar-refractivity contribution >= 4 is 40.7 Å². The molecule has 1 atom stereocenters. The van der Waals surface area contributed by atoms with Crippen LogP contribution < -0.4 is 10.2 Å². The molecule has 0 aliphatic carbocycles. The average molecular weight is 452 g/mol. The van der Waals surface area contributed by atoms with Crippen LogP contribution in [0.4, 0.5) is 11.4 Å². The van der Waals surface area contributed by atoms with Gasteiger partial charge in [-0.15, -0.1) is 0 Å². The lowest BCUT2D eigenvalue weighted by Gasteiger charge is -2.47. The van der Waals surface area contributed by atoms with Gasteiger partial charge in [0.05, 0.1) is 28.8 Å². The van der Waals surface area contributed by atoms with E-state index in [0.29, 0.717) is 22.0 Å². The third-order valence-corrected chi connectivity index (χ3v) is 6.05. The first kappa shape index (κ1) is 20.1. The monoisotopic (exact) mass is 451 g/mol. The van der Waals surface area contributed by atoms with Crippen molar-refractivity contribution in [2.24, 2.45) is 7.05 Å². The number of carbonyl (C=O) groups excluding carboxylic acids is 3. The van der Waals surface area contributed by atoms with Crippen LogP contribution in [0.5, 0.6) is 0 Å². The molecule has 1 fully saturated rings. The lowest BCUT2D eigenvalue weighted by molar-refractivity contribution is -0.128. The third kappa shape index (κ3) is 2.87. The summed E-state index contributed by atoms with van der Waals surface area (Å²) in [6.07, 6.45) is 8.17. The van der Waals surface area contributed by atoms with Gasteiger partial charge in [0.1, 0.15) is 0 Å². The number of halogens is 1. The van der Waals surface area contributed by atoms with Crippen LogP contribution in [0, 0.1) is 0 Å². The van der Waals surface area contributed by atoms with Gasteiger partial charge in [0, 0.05) is 56.7 Å². The Hall–Kier alpha value is -3.79. The molecular weight excluding hydrogens is 434 g/mol. The molecule has 2 aliphatic rings. The third-order valence-electron chi connectivity index (χ3n) is 5.84. The molecule has 10 nitrogen and oxygen atoms in total. The van der Waals surface area contributed by atoms with Crippen molar-refractivity contribution in [3.8, 4) is 11.1 Å². The molecule has 162 valence electrons. The highest BCUT2D eigenvalue weighted by molar-refractivity contribution is 6.30. The number of nitrogens with one attached hydrogen (secondary N) is 1. The number of amides is 3. The Bertz CT molecular complexity index is 1290. The van der Waals surface area contributed by atoms with Gasteiger partial charge < -0.3 is 10.2 Å². The van der Waals surface area contributed by atoms with E-state index in [1.807, 2.05) is 0 Å². The Balaban J connectivity index is 1.62. The number of anilines is 2. The molecule has 5 rings (SSSR count). The normalized spacial score (nSPS) is 19.7. The fraction of sp³-hybridized carbons (Fsp3) is 0.238. The second-order valence-electron chi connectivity index (χ2n) is 7.75. The average Bonchev–Trinajstić information content (AvgIpc) is 3.36. The van der Waals surface area contributed by atoms with Gasteiger partial charge in [0.2, 0.25) is 11.6 Å². The topological polar surface area (TPSA) is 113 Å². The zero-order chi connectivity index (χ0) is 22.6. The maximum absolute atomic E-state index is 13.5. The quantitative estimate of drug-likeness (QED) is 0.652. The van der Waals surface area contributed by atoms with Crippen molar-refractivity contribution in [3.05, 3.63) is 53.8 Å². The summed E-state index contributed by atoms with van der Waals surface area (Å²) in [5.74, 6) is -1.24. The number of nitrogens with zero attached hydrogens (tertiary/aromatic N) is 6. The second-order valence-corrected chi connectivity index (χ2v) is 8.19. The minimum absolute atomic E-state index is 0.107. The van der Waals surface area contributed by atoms with Crippen LogP contribution in [0.25, 0.3) is 11.1 Å². The molecule has 0 bridgehead atoms.